The van der Waals surface area contributed by atoms with Gasteiger partial charge >= 0.3 is 0 Å². The van der Waals surface area contributed by atoms with E-state index in [0.29, 0.717) is 12.6 Å². The van der Waals surface area contributed by atoms with Crippen LogP contribution in [0.3, 0.4) is 0 Å². The van der Waals surface area contributed by atoms with Gasteiger partial charge in [-0.05, 0) is 56.0 Å². The Labute approximate surface area is 213 Å². The number of anilines is 1. The van der Waals surface area contributed by atoms with Crippen molar-refractivity contribution in [2.45, 2.75) is 38.6 Å². The van der Waals surface area contributed by atoms with Crippen molar-refractivity contribution in [3.05, 3.63) is 83.9 Å². The van der Waals surface area contributed by atoms with Crippen molar-refractivity contribution in [1.82, 2.24) is 15.6 Å². The Bertz CT molecular complexity index is 969. The molecule has 0 aliphatic carbocycles. The van der Waals surface area contributed by atoms with Crippen molar-refractivity contribution < 1.29 is 4.42 Å². The molecule has 176 valence electrons. The summed E-state index contributed by atoms with van der Waals surface area (Å²) in [6.45, 7) is 5.59. The standard InChI is InChI=1S/C26H33N5O.HI/c1-21-7-5-11-25(29-21)31-18-14-23(15-19-31)30-26(28-17-13-24-10-6-20-32-24)27-16-12-22-8-3-2-4-9-22;/h2-11,20,23H,12-19H2,1H3,(H2,27,28,30);1H. The van der Waals surface area contributed by atoms with Crippen LogP contribution in [0.2, 0.25) is 0 Å². The first kappa shape index (κ1) is 25.1. The van der Waals surface area contributed by atoms with Crippen molar-refractivity contribution in [1.29, 1.82) is 0 Å². The molecule has 4 rings (SSSR count). The summed E-state index contributed by atoms with van der Waals surface area (Å²) in [6.07, 6.45) is 5.61. The van der Waals surface area contributed by atoms with Crippen molar-refractivity contribution in [3.8, 4) is 0 Å². The zero-order valence-corrected chi connectivity index (χ0v) is 21.6. The molecule has 0 atom stereocenters. The minimum atomic E-state index is 0. The third-order valence-electron chi connectivity index (χ3n) is 5.79. The fraction of sp³-hybridized carbons (Fsp3) is 0.385. The molecule has 3 aromatic rings. The quantitative estimate of drug-likeness (QED) is 0.240. The number of nitrogens with zero attached hydrogens (tertiary/aromatic N) is 3. The van der Waals surface area contributed by atoms with Gasteiger partial charge in [0.1, 0.15) is 11.6 Å². The first-order chi connectivity index (χ1) is 15.8. The Morgan fingerprint density at radius 2 is 1.85 bits per heavy atom. The molecule has 1 fully saturated rings. The average Bonchev–Trinajstić information content (AvgIpc) is 3.34. The molecule has 0 radical (unpaired) electrons. The van der Waals surface area contributed by atoms with Crippen LogP contribution in [0.25, 0.3) is 0 Å². The highest BCUT2D eigenvalue weighted by atomic mass is 127. The minimum Gasteiger partial charge on any atom is -0.469 e. The lowest BCUT2D eigenvalue weighted by Gasteiger charge is -2.34. The number of rotatable bonds is 8. The van der Waals surface area contributed by atoms with Crippen LogP contribution >= 0.6 is 24.0 Å². The van der Waals surface area contributed by atoms with Crippen molar-refractivity contribution in [2.75, 3.05) is 31.1 Å². The van der Waals surface area contributed by atoms with E-state index in [0.717, 1.165) is 68.5 Å². The van der Waals surface area contributed by atoms with Gasteiger partial charge in [0.25, 0.3) is 0 Å². The molecule has 3 heterocycles. The lowest BCUT2D eigenvalue weighted by Crippen LogP contribution is -2.49. The van der Waals surface area contributed by atoms with Gasteiger partial charge in [0, 0.05) is 44.3 Å². The fourth-order valence-electron chi connectivity index (χ4n) is 4.01. The van der Waals surface area contributed by atoms with Gasteiger partial charge in [-0.15, -0.1) is 24.0 Å². The summed E-state index contributed by atoms with van der Waals surface area (Å²) < 4.78 is 5.44. The van der Waals surface area contributed by atoms with Crippen LogP contribution in [-0.2, 0) is 12.8 Å². The van der Waals surface area contributed by atoms with Crippen LogP contribution in [0.1, 0.15) is 29.9 Å². The first-order valence-electron chi connectivity index (χ1n) is 11.6. The second-order valence-corrected chi connectivity index (χ2v) is 8.26. The van der Waals surface area contributed by atoms with Gasteiger partial charge in [0.05, 0.1) is 6.26 Å². The van der Waals surface area contributed by atoms with Crippen LogP contribution in [-0.4, -0.2) is 43.2 Å². The van der Waals surface area contributed by atoms with Crippen LogP contribution < -0.4 is 15.5 Å². The largest absolute Gasteiger partial charge is 0.469 e. The number of pyridine rings is 1. The molecule has 2 aromatic heterocycles. The molecule has 0 saturated carbocycles. The Balaban J connectivity index is 0.00000306. The van der Waals surface area contributed by atoms with Gasteiger partial charge in [-0.1, -0.05) is 36.4 Å². The number of aryl methyl sites for hydroxylation is 1. The maximum Gasteiger partial charge on any atom is 0.191 e. The van der Waals surface area contributed by atoms with Crippen molar-refractivity contribution >= 4 is 35.8 Å². The number of hydrogen-bond acceptors (Lipinski definition) is 4. The van der Waals surface area contributed by atoms with E-state index in [4.69, 9.17) is 9.41 Å². The summed E-state index contributed by atoms with van der Waals surface area (Å²) in [4.78, 5) is 11.9. The van der Waals surface area contributed by atoms with Crippen LogP contribution in [0.5, 0.6) is 0 Å². The second-order valence-electron chi connectivity index (χ2n) is 8.26. The molecule has 7 heteroatoms. The predicted molar refractivity (Wildman–Crippen MR) is 146 cm³/mol. The molecule has 0 spiro atoms. The van der Waals surface area contributed by atoms with Gasteiger partial charge in [-0.25, -0.2) is 4.98 Å². The minimum absolute atomic E-state index is 0. The van der Waals surface area contributed by atoms with Gasteiger partial charge in [-0.2, -0.15) is 0 Å². The van der Waals surface area contributed by atoms with Gasteiger partial charge in [-0.3, -0.25) is 4.99 Å². The summed E-state index contributed by atoms with van der Waals surface area (Å²) in [5, 5.41) is 7.20. The lowest BCUT2D eigenvalue weighted by molar-refractivity contribution is 0.459. The van der Waals surface area contributed by atoms with E-state index in [2.05, 4.69) is 63.0 Å². The molecule has 1 saturated heterocycles. The second kappa shape index (κ2) is 13.2. The van der Waals surface area contributed by atoms with Crippen molar-refractivity contribution in [3.63, 3.8) is 0 Å². The SMILES string of the molecule is Cc1cccc(N2CCC(NC(=NCCc3ccco3)NCCc3ccccc3)CC2)n1.I. The smallest absolute Gasteiger partial charge is 0.191 e. The topological polar surface area (TPSA) is 65.7 Å². The zero-order valence-electron chi connectivity index (χ0n) is 19.2. The first-order valence-corrected chi connectivity index (χ1v) is 11.6. The van der Waals surface area contributed by atoms with Crippen LogP contribution in [0.4, 0.5) is 5.82 Å². The number of furan rings is 1. The summed E-state index contributed by atoms with van der Waals surface area (Å²) in [7, 11) is 0. The monoisotopic (exact) mass is 559 g/mol. The van der Waals surface area contributed by atoms with E-state index in [1.54, 1.807) is 6.26 Å². The molecule has 1 aromatic carbocycles. The highest BCUT2D eigenvalue weighted by molar-refractivity contribution is 14.0. The Kier molecular flexibility index (Phi) is 10.1. The summed E-state index contributed by atoms with van der Waals surface area (Å²) in [6, 6.07) is 21.1. The highest BCUT2D eigenvalue weighted by Gasteiger charge is 2.21. The van der Waals surface area contributed by atoms with Gasteiger partial charge in [0.15, 0.2) is 5.96 Å². The summed E-state index contributed by atoms with van der Waals surface area (Å²) in [5.41, 5.74) is 2.39. The van der Waals surface area contributed by atoms with Gasteiger partial charge in [0.2, 0.25) is 0 Å². The Hall–Kier alpha value is -2.55. The number of piperidine rings is 1. The number of aliphatic imine (C=N–C) groups is 1. The predicted octanol–water partition coefficient (Wildman–Crippen LogP) is 4.59. The molecular formula is C26H34IN5O. The van der Waals surface area contributed by atoms with Crippen LogP contribution in [0, 0.1) is 6.92 Å². The number of nitrogens with one attached hydrogen (secondary N) is 2. The summed E-state index contributed by atoms with van der Waals surface area (Å²) >= 11 is 0. The Morgan fingerprint density at radius 3 is 2.58 bits per heavy atom. The average molecular weight is 559 g/mol. The van der Waals surface area contributed by atoms with E-state index < -0.39 is 0 Å². The molecule has 0 unspecified atom stereocenters. The van der Waals surface area contributed by atoms with E-state index in [1.165, 1.54) is 5.56 Å². The van der Waals surface area contributed by atoms with E-state index >= 15 is 0 Å². The van der Waals surface area contributed by atoms with Crippen LogP contribution in [0.15, 0.2) is 76.3 Å². The molecule has 1 aliphatic heterocycles. The van der Waals surface area contributed by atoms with E-state index in [1.807, 2.05) is 25.1 Å². The molecule has 2 N–H and O–H groups in total. The molecule has 33 heavy (non-hydrogen) atoms. The molecule has 0 amide bonds. The molecule has 6 nitrogen and oxygen atoms in total. The summed E-state index contributed by atoms with van der Waals surface area (Å²) in [5.74, 6) is 2.94. The molecule has 1 aliphatic rings. The van der Waals surface area contributed by atoms with Gasteiger partial charge < -0.3 is 20.0 Å². The number of guanidine groups is 1. The Morgan fingerprint density at radius 1 is 1.03 bits per heavy atom. The number of halogens is 1. The highest BCUT2D eigenvalue weighted by Crippen LogP contribution is 2.18. The third kappa shape index (κ3) is 8.07. The van der Waals surface area contributed by atoms with E-state index in [9.17, 15) is 0 Å². The van der Waals surface area contributed by atoms with E-state index in [-0.39, 0.29) is 24.0 Å². The zero-order chi connectivity index (χ0) is 22.0. The number of hydrogen-bond donors (Lipinski definition) is 2. The normalized spacial score (nSPS) is 14.6. The number of benzene rings is 1. The molecule has 0 bridgehead atoms. The lowest BCUT2D eigenvalue weighted by atomic mass is 10.1. The maximum atomic E-state index is 5.44. The van der Waals surface area contributed by atoms with Crippen molar-refractivity contribution in [2.24, 2.45) is 4.99 Å². The maximum absolute atomic E-state index is 5.44. The fourth-order valence-corrected chi connectivity index (χ4v) is 4.01. The number of aromatic nitrogens is 1. The third-order valence-corrected chi connectivity index (χ3v) is 5.79. The molecular weight excluding hydrogens is 525 g/mol.